The van der Waals surface area contributed by atoms with Crippen molar-refractivity contribution in [3.05, 3.63) is 12.2 Å². The Labute approximate surface area is 81.4 Å². The Morgan fingerprint density at radius 2 is 2.00 bits per heavy atom. The summed E-state index contributed by atoms with van der Waals surface area (Å²) >= 11 is 0. The predicted molar refractivity (Wildman–Crippen MR) is 56.6 cm³/mol. The topological polar surface area (TPSA) is 29.1 Å². The second-order valence-electron chi connectivity index (χ2n) is 3.26. The van der Waals surface area contributed by atoms with Gasteiger partial charge in [0.25, 0.3) is 0 Å². The largest absolute Gasteiger partial charge is 0.353 e. The smallest absolute Gasteiger partial charge is 0.217 e. The Morgan fingerprint density at radius 3 is 2.62 bits per heavy atom. The van der Waals surface area contributed by atoms with Crippen LogP contribution < -0.4 is 5.32 Å². The summed E-state index contributed by atoms with van der Waals surface area (Å²) in [6.45, 7) is 4.42. The molecular weight excluding hydrogens is 162 g/mol. The van der Waals surface area contributed by atoms with Gasteiger partial charge in [0, 0.05) is 13.5 Å². The molecular formula is C11H21NO. The standard InChI is InChI=1S/C11H21NO/c1-3-4-5-6-7-8-9-10-12-11(2)13/h8-9H,3-7,10H2,1-2H3,(H,12,13). The highest BCUT2D eigenvalue weighted by Gasteiger charge is 1.85. The van der Waals surface area contributed by atoms with Crippen molar-refractivity contribution in [2.75, 3.05) is 6.54 Å². The Kier molecular flexibility index (Phi) is 8.73. The zero-order valence-electron chi connectivity index (χ0n) is 8.81. The lowest BCUT2D eigenvalue weighted by Gasteiger charge is -1.95. The van der Waals surface area contributed by atoms with Gasteiger partial charge >= 0.3 is 0 Å². The molecule has 0 heterocycles. The number of unbranched alkanes of at least 4 members (excludes halogenated alkanes) is 4. The normalized spacial score (nSPS) is 10.6. The van der Waals surface area contributed by atoms with Gasteiger partial charge in [-0.05, 0) is 12.8 Å². The fourth-order valence-corrected chi connectivity index (χ4v) is 1.09. The molecule has 2 heteroatoms. The summed E-state index contributed by atoms with van der Waals surface area (Å²) in [5, 5.41) is 2.72. The van der Waals surface area contributed by atoms with Crippen LogP contribution in [-0.2, 0) is 4.79 Å². The van der Waals surface area contributed by atoms with E-state index < -0.39 is 0 Å². The summed E-state index contributed by atoms with van der Waals surface area (Å²) in [5.74, 6) is 0.0376. The van der Waals surface area contributed by atoms with Gasteiger partial charge in [-0.3, -0.25) is 4.79 Å². The molecule has 0 bridgehead atoms. The minimum Gasteiger partial charge on any atom is -0.353 e. The van der Waals surface area contributed by atoms with Crippen molar-refractivity contribution in [2.24, 2.45) is 0 Å². The molecule has 0 saturated carbocycles. The first-order valence-corrected chi connectivity index (χ1v) is 5.16. The summed E-state index contributed by atoms with van der Waals surface area (Å²) in [6, 6.07) is 0. The monoisotopic (exact) mass is 183 g/mol. The molecule has 0 fully saturated rings. The van der Waals surface area contributed by atoms with Crippen molar-refractivity contribution in [1.29, 1.82) is 0 Å². The molecule has 0 aliphatic rings. The van der Waals surface area contributed by atoms with E-state index >= 15 is 0 Å². The van der Waals surface area contributed by atoms with Gasteiger partial charge in [-0.1, -0.05) is 38.3 Å². The molecule has 0 aromatic carbocycles. The van der Waals surface area contributed by atoms with Gasteiger partial charge in [-0.15, -0.1) is 0 Å². The summed E-state index contributed by atoms with van der Waals surface area (Å²) in [7, 11) is 0. The number of amides is 1. The van der Waals surface area contributed by atoms with E-state index in [1.165, 1.54) is 32.6 Å². The summed E-state index contributed by atoms with van der Waals surface area (Å²) < 4.78 is 0. The third kappa shape index (κ3) is 11.2. The average Bonchev–Trinajstić information content (AvgIpc) is 2.09. The highest BCUT2D eigenvalue weighted by atomic mass is 16.1. The molecule has 1 N–H and O–H groups in total. The van der Waals surface area contributed by atoms with Gasteiger partial charge in [0.15, 0.2) is 0 Å². The SMILES string of the molecule is CCCCCCC=CCNC(C)=O. The molecule has 0 rings (SSSR count). The molecule has 0 saturated heterocycles. The van der Waals surface area contributed by atoms with Crippen LogP contribution in [0.2, 0.25) is 0 Å². The molecule has 0 aromatic rings. The lowest BCUT2D eigenvalue weighted by Crippen LogP contribution is -2.19. The van der Waals surface area contributed by atoms with Crippen LogP contribution in [0.5, 0.6) is 0 Å². The number of allylic oxidation sites excluding steroid dienone is 1. The fourth-order valence-electron chi connectivity index (χ4n) is 1.09. The Morgan fingerprint density at radius 1 is 1.23 bits per heavy atom. The third-order valence-electron chi connectivity index (χ3n) is 1.86. The van der Waals surface area contributed by atoms with Crippen molar-refractivity contribution >= 4 is 5.91 Å². The van der Waals surface area contributed by atoms with Gasteiger partial charge in [0.2, 0.25) is 5.91 Å². The Balaban J connectivity index is 3.08. The number of carbonyl (C=O) groups is 1. The maximum Gasteiger partial charge on any atom is 0.217 e. The van der Waals surface area contributed by atoms with E-state index in [1.54, 1.807) is 0 Å². The van der Waals surface area contributed by atoms with Gasteiger partial charge in [-0.2, -0.15) is 0 Å². The molecule has 0 unspecified atom stereocenters. The lowest BCUT2D eigenvalue weighted by molar-refractivity contribution is -0.118. The van der Waals surface area contributed by atoms with E-state index in [0.717, 1.165) is 6.42 Å². The van der Waals surface area contributed by atoms with Crippen molar-refractivity contribution in [2.45, 2.75) is 46.0 Å². The zero-order valence-corrected chi connectivity index (χ0v) is 8.81. The molecule has 0 atom stereocenters. The van der Waals surface area contributed by atoms with Crippen LogP contribution in [-0.4, -0.2) is 12.5 Å². The quantitative estimate of drug-likeness (QED) is 0.477. The molecule has 1 amide bonds. The zero-order chi connectivity index (χ0) is 9.94. The molecule has 0 aliphatic heterocycles. The minimum absolute atomic E-state index is 0.0376. The maximum absolute atomic E-state index is 10.5. The fraction of sp³-hybridized carbons (Fsp3) is 0.727. The molecule has 0 aromatic heterocycles. The Hall–Kier alpha value is -0.790. The van der Waals surface area contributed by atoms with Crippen LogP contribution in [0.3, 0.4) is 0 Å². The van der Waals surface area contributed by atoms with Gasteiger partial charge in [0.1, 0.15) is 0 Å². The second-order valence-corrected chi connectivity index (χ2v) is 3.26. The van der Waals surface area contributed by atoms with E-state index in [9.17, 15) is 4.79 Å². The second kappa shape index (κ2) is 9.30. The first-order chi connectivity index (χ1) is 6.27. The van der Waals surface area contributed by atoms with Crippen LogP contribution >= 0.6 is 0 Å². The third-order valence-corrected chi connectivity index (χ3v) is 1.86. The van der Waals surface area contributed by atoms with Crippen LogP contribution in [0.15, 0.2) is 12.2 Å². The average molecular weight is 183 g/mol. The Bertz CT molecular complexity index is 152. The van der Waals surface area contributed by atoms with E-state index in [2.05, 4.69) is 18.3 Å². The minimum atomic E-state index is 0.0376. The number of hydrogen-bond acceptors (Lipinski definition) is 1. The highest BCUT2D eigenvalue weighted by molar-refractivity contribution is 5.72. The predicted octanol–water partition coefficient (Wildman–Crippen LogP) is 2.65. The first kappa shape index (κ1) is 12.2. The molecule has 0 spiro atoms. The van der Waals surface area contributed by atoms with Crippen LogP contribution in [0.25, 0.3) is 0 Å². The van der Waals surface area contributed by atoms with Crippen LogP contribution in [0.4, 0.5) is 0 Å². The van der Waals surface area contributed by atoms with Gasteiger partial charge in [0.05, 0.1) is 0 Å². The van der Waals surface area contributed by atoms with Gasteiger partial charge < -0.3 is 5.32 Å². The van der Waals surface area contributed by atoms with Gasteiger partial charge in [-0.25, -0.2) is 0 Å². The molecule has 0 aliphatic carbocycles. The summed E-state index contributed by atoms with van der Waals surface area (Å²) in [4.78, 5) is 10.5. The van der Waals surface area contributed by atoms with Crippen molar-refractivity contribution in [3.63, 3.8) is 0 Å². The van der Waals surface area contributed by atoms with Crippen molar-refractivity contribution in [1.82, 2.24) is 5.32 Å². The summed E-state index contributed by atoms with van der Waals surface area (Å²) in [6.07, 6.45) is 10.5. The number of nitrogens with one attached hydrogen (secondary N) is 1. The highest BCUT2D eigenvalue weighted by Crippen LogP contribution is 2.02. The first-order valence-electron chi connectivity index (χ1n) is 5.16. The molecule has 13 heavy (non-hydrogen) atoms. The summed E-state index contributed by atoms with van der Waals surface area (Å²) in [5.41, 5.74) is 0. The van der Waals surface area contributed by atoms with Crippen LogP contribution in [0.1, 0.15) is 46.0 Å². The maximum atomic E-state index is 10.5. The number of carbonyl (C=O) groups excluding carboxylic acids is 1. The number of hydrogen-bond donors (Lipinski definition) is 1. The molecule has 0 radical (unpaired) electrons. The molecule has 76 valence electrons. The number of rotatable bonds is 7. The molecule has 2 nitrogen and oxygen atoms in total. The van der Waals surface area contributed by atoms with Crippen molar-refractivity contribution in [3.8, 4) is 0 Å². The van der Waals surface area contributed by atoms with E-state index in [-0.39, 0.29) is 5.91 Å². The van der Waals surface area contributed by atoms with Crippen molar-refractivity contribution < 1.29 is 4.79 Å². The van der Waals surface area contributed by atoms with E-state index in [0.29, 0.717) is 6.54 Å². The lowest BCUT2D eigenvalue weighted by atomic mass is 10.1. The van der Waals surface area contributed by atoms with Crippen LogP contribution in [0, 0.1) is 0 Å². The van der Waals surface area contributed by atoms with E-state index in [1.807, 2.05) is 6.08 Å². The van der Waals surface area contributed by atoms with E-state index in [4.69, 9.17) is 0 Å².